The molecular weight excluding hydrogens is 248 g/mol. The van der Waals surface area contributed by atoms with Gasteiger partial charge in [-0.25, -0.2) is 0 Å². The number of ether oxygens (including phenoxy) is 1. The van der Waals surface area contributed by atoms with Gasteiger partial charge in [-0.3, -0.25) is 0 Å². The molecule has 0 bridgehead atoms. The van der Waals surface area contributed by atoms with E-state index in [1.807, 2.05) is 39.0 Å². The Balaban J connectivity index is 4.94. The van der Waals surface area contributed by atoms with Crippen LogP contribution in [0.2, 0.25) is 0 Å². The molecule has 0 aromatic rings. The van der Waals surface area contributed by atoms with Crippen molar-refractivity contribution in [2.45, 2.75) is 46.6 Å². The van der Waals surface area contributed by atoms with Gasteiger partial charge in [0.25, 0.3) is 0 Å². The van der Waals surface area contributed by atoms with Crippen molar-refractivity contribution in [3.63, 3.8) is 0 Å². The third-order valence-corrected chi connectivity index (χ3v) is 3.01. The summed E-state index contributed by atoms with van der Waals surface area (Å²) in [5.74, 6) is 0.785. The molecule has 0 saturated carbocycles. The van der Waals surface area contributed by atoms with Crippen LogP contribution in [0.25, 0.3) is 0 Å². The van der Waals surface area contributed by atoms with Gasteiger partial charge in [0.15, 0.2) is 0 Å². The van der Waals surface area contributed by atoms with Gasteiger partial charge < -0.3 is 9.84 Å². The van der Waals surface area contributed by atoms with Crippen molar-refractivity contribution in [3.05, 3.63) is 59.9 Å². The fraction of sp³-hybridized carbons (Fsp3) is 0.444. The van der Waals surface area contributed by atoms with E-state index in [1.165, 1.54) is 0 Å². The third-order valence-electron chi connectivity index (χ3n) is 3.01. The fourth-order valence-electron chi connectivity index (χ4n) is 1.67. The van der Waals surface area contributed by atoms with Crippen molar-refractivity contribution >= 4 is 0 Å². The van der Waals surface area contributed by atoms with Crippen LogP contribution in [0.4, 0.5) is 0 Å². The summed E-state index contributed by atoms with van der Waals surface area (Å²) in [7, 11) is 0. The van der Waals surface area contributed by atoms with Gasteiger partial charge in [-0.2, -0.15) is 0 Å². The van der Waals surface area contributed by atoms with Gasteiger partial charge in [0, 0.05) is 0 Å². The van der Waals surface area contributed by atoms with Crippen LogP contribution in [0, 0.1) is 0 Å². The summed E-state index contributed by atoms with van der Waals surface area (Å²) < 4.78 is 5.81. The standard InChI is InChI=1S/C18H28O2/c1-7-11-17(12-15(8-2)14(5)6)20-13-16(9-3)18(19)10-4/h8-9,11-12,18-19H,2,5,7,10,13H2,1,3-4,6H3/b15-12+,16-9-,17-11+. The summed E-state index contributed by atoms with van der Waals surface area (Å²) in [5, 5.41) is 9.86. The van der Waals surface area contributed by atoms with Gasteiger partial charge in [-0.15, -0.1) is 0 Å². The Kier molecular flexibility index (Phi) is 9.48. The van der Waals surface area contributed by atoms with Crippen LogP contribution in [0.5, 0.6) is 0 Å². The van der Waals surface area contributed by atoms with E-state index in [0.29, 0.717) is 13.0 Å². The molecule has 20 heavy (non-hydrogen) atoms. The van der Waals surface area contributed by atoms with Crippen LogP contribution < -0.4 is 0 Å². The van der Waals surface area contributed by atoms with E-state index in [4.69, 9.17) is 4.74 Å². The number of allylic oxidation sites excluding steroid dienone is 6. The minimum Gasteiger partial charge on any atom is -0.489 e. The van der Waals surface area contributed by atoms with E-state index in [-0.39, 0.29) is 0 Å². The van der Waals surface area contributed by atoms with Crippen molar-refractivity contribution in [1.29, 1.82) is 0 Å². The second-order valence-corrected chi connectivity index (χ2v) is 4.68. The lowest BCUT2D eigenvalue weighted by Gasteiger charge is -2.15. The molecule has 0 aliphatic heterocycles. The average Bonchev–Trinajstić information content (AvgIpc) is 2.44. The van der Waals surface area contributed by atoms with Crippen LogP contribution in [0.15, 0.2) is 59.9 Å². The van der Waals surface area contributed by atoms with Gasteiger partial charge >= 0.3 is 0 Å². The molecule has 2 heteroatoms. The average molecular weight is 276 g/mol. The highest BCUT2D eigenvalue weighted by atomic mass is 16.5. The lowest BCUT2D eigenvalue weighted by molar-refractivity contribution is 0.169. The molecule has 1 unspecified atom stereocenters. The van der Waals surface area contributed by atoms with Crippen LogP contribution in [-0.2, 0) is 4.74 Å². The van der Waals surface area contributed by atoms with Crippen molar-refractivity contribution in [1.82, 2.24) is 0 Å². The van der Waals surface area contributed by atoms with Gasteiger partial charge in [-0.1, -0.05) is 44.7 Å². The normalized spacial score (nSPS) is 14.9. The maximum absolute atomic E-state index is 9.86. The fourth-order valence-corrected chi connectivity index (χ4v) is 1.67. The Morgan fingerprint density at radius 2 is 2.00 bits per heavy atom. The van der Waals surface area contributed by atoms with E-state index >= 15 is 0 Å². The number of rotatable bonds is 9. The molecule has 0 aromatic heterocycles. The van der Waals surface area contributed by atoms with Gasteiger partial charge in [0.2, 0.25) is 0 Å². The number of hydrogen-bond donors (Lipinski definition) is 1. The van der Waals surface area contributed by atoms with E-state index in [0.717, 1.165) is 28.9 Å². The van der Waals surface area contributed by atoms with E-state index in [9.17, 15) is 5.11 Å². The van der Waals surface area contributed by atoms with Crippen LogP contribution >= 0.6 is 0 Å². The van der Waals surface area contributed by atoms with Crippen LogP contribution in [-0.4, -0.2) is 17.8 Å². The Morgan fingerprint density at radius 1 is 1.35 bits per heavy atom. The number of hydrogen-bond acceptors (Lipinski definition) is 2. The molecule has 0 amide bonds. The molecule has 0 heterocycles. The lowest BCUT2D eigenvalue weighted by atomic mass is 10.1. The zero-order chi connectivity index (χ0) is 15.5. The SMILES string of the molecule is C=C/C(=C\C(=C/CC)OC/C(=C/C)C(O)CC)C(=C)C. The molecule has 1 N–H and O–H groups in total. The summed E-state index contributed by atoms with van der Waals surface area (Å²) in [6, 6.07) is 0. The first-order chi connectivity index (χ1) is 9.49. The molecule has 0 rings (SSSR count). The summed E-state index contributed by atoms with van der Waals surface area (Å²) in [4.78, 5) is 0. The highest BCUT2D eigenvalue weighted by Crippen LogP contribution is 2.15. The Labute approximate surface area is 123 Å². The molecule has 0 aromatic carbocycles. The summed E-state index contributed by atoms with van der Waals surface area (Å²) in [6.07, 6.45) is 8.76. The molecule has 2 nitrogen and oxygen atoms in total. The quantitative estimate of drug-likeness (QED) is 0.376. The van der Waals surface area contributed by atoms with Crippen molar-refractivity contribution in [2.24, 2.45) is 0 Å². The third kappa shape index (κ3) is 6.58. The predicted octanol–water partition coefficient (Wildman–Crippen LogP) is 4.70. The lowest BCUT2D eigenvalue weighted by Crippen LogP contribution is -2.13. The second-order valence-electron chi connectivity index (χ2n) is 4.68. The highest BCUT2D eigenvalue weighted by Gasteiger charge is 2.08. The minimum atomic E-state index is -0.438. The molecule has 1 atom stereocenters. The predicted molar refractivity (Wildman–Crippen MR) is 87.5 cm³/mol. The zero-order valence-electron chi connectivity index (χ0n) is 13.3. The molecule has 112 valence electrons. The smallest absolute Gasteiger partial charge is 0.116 e. The molecule has 0 aliphatic carbocycles. The Hall–Kier alpha value is -1.54. The monoisotopic (exact) mass is 276 g/mol. The van der Waals surface area contributed by atoms with Crippen molar-refractivity contribution in [2.75, 3.05) is 6.61 Å². The van der Waals surface area contributed by atoms with Crippen LogP contribution in [0.3, 0.4) is 0 Å². The van der Waals surface area contributed by atoms with Crippen molar-refractivity contribution < 1.29 is 9.84 Å². The molecule has 0 radical (unpaired) electrons. The van der Waals surface area contributed by atoms with E-state index in [1.54, 1.807) is 6.08 Å². The number of aliphatic hydroxyl groups excluding tert-OH is 1. The van der Waals surface area contributed by atoms with E-state index < -0.39 is 6.10 Å². The first-order valence-corrected chi connectivity index (χ1v) is 7.16. The molecule has 0 saturated heterocycles. The van der Waals surface area contributed by atoms with Gasteiger partial charge in [0.1, 0.15) is 12.4 Å². The second kappa shape index (κ2) is 10.3. The topological polar surface area (TPSA) is 29.5 Å². The summed E-state index contributed by atoms with van der Waals surface area (Å²) >= 11 is 0. The largest absolute Gasteiger partial charge is 0.489 e. The minimum absolute atomic E-state index is 0.397. The first kappa shape index (κ1) is 18.5. The van der Waals surface area contributed by atoms with E-state index in [2.05, 4.69) is 20.1 Å². The molecule has 0 aliphatic rings. The van der Waals surface area contributed by atoms with Crippen LogP contribution in [0.1, 0.15) is 40.5 Å². The van der Waals surface area contributed by atoms with Gasteiger partial charge in [0.05, 0.1) is 6.10 Å². The Morgan fingerprint density at radius 3 is 2.40 bits per heavy atom. The maximum atomic E-state index is 9.86. The molecule has 0 fully saturated rings. The maximum Gasteiger partial charge on any atom is 0.116 e. The summed E-state index contributed by atoms with van der Waals surface area (Å²) in [6.45, 7) is 16.0. The Bertz CT molecular complexity index is 411. The first-order valence-electron chi connectivity index (χ1n) is 7.16. The number of aliphatic hydroxyl groups is 1. The zero-order valence-corrected chi connectivity index (χ0v) is 13.3. The highest BCUT2D eigenvalue weighted by molar-refractivity contribution is 5.39. The molecule has 0 spiro atoms. The molecular formula is C18H28O2. The summed E-state index contributed by atoms with van der Waals surface area (Å²) in [5.41, 5.74) is 2.81. The van der Waals surface area contributed by atoms with Gasteiger partial charge in [-0.05, 0) is 50.0 Å². The van der Waals surface area contributed by atoms with Crippen molar-refractivity contribution in [3.8, 4) is 0 Å².